The Morgan fingerprint density at radius 1 is 1.37 bits per heavy atom. The molecule has 0 aliphatic rings. The molecule has 1 unspecified atom stereocenters. The SMILES string of the molecule is Cn1ncc(Cl)c1-n1cnc(C(=O)NC(CN)Cc2ccc(F)c(F)c2)c1. The van der Waals surface area contributed by atoms with Crippen molar-refractivity contribution in [3.63, 3.8) is 0 Å². The van der Waals surface area contributed by atoms with Crippen LogP contribution in [0, 0.1) is 11.6 Å². The molecule has 0 saturated carbocycles. The van der Waals surface area contributed by atoms with Gasteiger partial charge in [-0.05, 0) is 24.1 Å². The Kier molecular flexibility index (Phi) is 5.52. The number of hydrogen-bond acceptors (Lipinski definition) is 4. The fourth-order valence-electron chi connectivity index (χ4n) is 2.65. The first-order chi connectivity index (χ1) is 12.9. The highest BCUT2D eigenvalue weighted by Crippen LogP contribution is 2.19. The van der Waals surface area contributed by atoms with Crippen LogP contribution < -0.4 is 11.1 Å². The number of carbonyl (C=O) groups is 1. The van der Waals surface area contributed by atoms with E-state index >= 15 is 0 Å². The van der Waals surface area contributed by atoms with Crippen LogP contribution in [0.15, 0.2) is 36.9 Å². The van der Waals surface area contributed by atoms with Crippen LogP contribution in [0.4, 0.5) is 8.78 Å². The fourth-order valence-corrected chi connectivity index (χ4v) is 2.92. The maximum atomic E-state index is 13.3. The molecule has 0 spiro atoms. The van der Waals surface area contributed by atoms with Gasteiger partial charge in [-0.25, -0.2) is 13.8 Å². The van der Waals surface area contributed by atoms with E-state index in [2.05, 4.69) is 15.4 Å². The minimum Gasteiger partial charge on any atom is -0.346 e. The van der Waals surface area contributed by atoms with Crippen LogP contribution in [0.5, 0.6) is 0 Å². The number of benzene rings is 1. The van der Waals surface area contributed by atoms with Gasteiger partial charge in [0.25, 0.3) is 5.91 Å². The number of nitrogens with two attached hydrogens (primary N) is 1. The van der Waals surface area contributed by atoms with Gasteiger partial charge in [-0.2, -0.15) is 5.10 Å². The molecule has 0 aliphatic carbocycles. The second-order valence-electron chi connectivity index (χ2n) is 5.96. The standard InChI is InChI=1S/C17H17ClF2N6O/c1-25-17(12(18)7-23-25)26-8-15(22-9-26)16(27)24-11(6-21)4-10-2-3-13(19)14(20)5-10/h2-3,5,7-9,11H,4,6,21H2,1H3,(H,24,27). The number of rotatable bonds is 6. The maximum absolute atomic E-state index is 13.3. The van der Waals surface area contributed by atoms with Gasteiger partial charge >= 0.3 is 0 Å². The van der Waals surface area contributed by atoms with Gasteiger partial charge in [0.2, 0.25) is 0 Å². The van der Waals surface area contributed by atoms with Gasteiger partial charge in [0, 0.05) is 25.8 Å². The summed E-state index contributed by atoms with van der Waals surface area (Å²) in [6, 6.07) is 3.11. The first-order valence-corrected chi connectivity index (χ1v) is 8.43. The molecule has 27 heavy (non-hydrogen) atoms. The zero-order chi connectivity index (χ0) is 19.6. The Labute approximate surface area is 158 Å². The lowest BCUT2D eigenvalue weighted by Crippen LogP contribution is -2.41. The second-order valence-corrected chi connectivity index (χ2v) is 6.37. The van der Waals surface area contributed by atoms with E-state index in [1.807, 2.05) is 0 Å². The normalized spacial score (nSPS) is 12.2. The summed E-state index contributed by atoms with van der Waals surface area (Å²) in [5, 5.41) is 7.19. The van der Waals surface area contributed by atoms with Gasteiger partial charge in [-0.3, -0.25) is 14.0 Å². The first kappa shape index (κ1) is 19.0. The molecule has 0 saturated heterocycles. The molecule has 1 atom stereocenters. The number of amides is 1. The van der Waals surface area contributed by atoms with Crippen LogP contribution in [0.25, 0.3) is 5.82 Å². The molecule has 3 aromatic rings. The third kappa shape index (κ3) is 4.15. The highest BCUT2D eigenvalue weighted by Gasteiger charge is 2.18. The van der Waals surface area contributed by atoms with E-state index in [4.69, 9.17) is 17.3 Å². The van der Waals surface area contributed by atoms with Crippen molar-refractivity contribution >= 4 is 17.5 Å². The second kappa shape index (κ2) is 7.85. The molecule has 2 aromatic heterocycles. The molecule has 1 amide bonds. The van der Waals surface area contributed by atoms with E-state index in [1.165, 1.54) is 24.8 Å². The predicted molar refractivity (Wildman–Crippen MR) is 95.7 cm³/mol. The summed E-state index contributed by atoms with van der Waals surface area (Å²) in [6.07, 6.45) is 4.71. The first-order valence-electron chi connectivity index (χ1n) is 8.05. The van der Waals surface area contributed by atoms with Crippen LogP contribution in [0.2, 0.25) is 5.02 Å². The largest absolute Gasteiger partial charge is 0.346 e. The summed E-state index contributed by atoms with van der Waals surface area (Å²) in [7, 11) is 1.72. The van der Waals surface area contributed by atoms with Crippen LogP contribution in [0.1, 0.15) is 16.1 Å². The summed E-state index contributed by atoms with van der Waals surface area (Å²) in [5.41, 5.74) is 6.39. The minimum atomic E-state index is -0.943. The molecule has 0 radical (unpaired) electrons. The zero-order valence-electron chi connectivity index (χ0n) is 14.4. The van der Waals surface area contributed by atoms with Crippen molar-refractivity contribution in [3.8, 4) is 5.82 Å². The van der Waals surface area contributed by atoms with Gasteiger partial charge in [-0.15, -0.1) is 0 Å². The molecule has 1 aromatic carbocycles. The number of aromatic nitrogens is 4. The van der Waals surface area contributed by atoms with E-state index in [1.54, 1.807) is 16.3 Å². The lowest BCUT2D eigenvalue weighted by Gasteiger charge is -2.16. The predicted octanol–water partition coefficient (Wildman–Crippen LogP) is 1.84. The molecular weight excluding hydrogens is 378 g/mol. The summed E-state index contributed by atoms with van der Waals surface area (Å²) in [6.45, 7) is 0.124. The van der Waals surface area contributed by atoms with Crippen molar-refractivity contribution < 1.29 is 13.6 Å². The highest BCUT2D eigenvalue weighted by molar-refractivity contribution is 6.32. The van der Waals surface area contributed by atoms with Crippen molar-refractivity contribution in [3.05, 3.63) is 64.8 Å². The van der Waals surface area contributed by atoms with E-state index in [9.17, 15) is 13.6 Å². The number of aryl methyl sites for hydroxylation is 1. The van der Waals surface area contributed by atoms with Crippen molar-refractivity contribution in [2.75, 3.05) is 6.54 Å². The van der Waals surface area contributed by atoms with Gasteiger partial charge in [-0.1, -0.05) is 17.7 Å². The van der Waals surface area contributed by atoms with Gasteiger partial charge in [0.1, 0.15) is 17.0 Å². The van der Waals surface area contributed by atoms with Crippen LogP contribution in [-0.4, -0.2) is 37.8 Å². The number of imidazole rings is 1. The molecule has 2 heterocycles. The molecule has 0 fully saturated rings. The Hall–Kier alpha value is -2.78. The molecule has 0 aliphatic heterocycles. The number of halogens is 3. The quantitative estimate of drug-likeness (QED) is 0.667. The molecule has 0 bridgehead atoms. The molecule has 3 N–H and O–H groups in total. The van der Waals surface area contributed by atoms with Gasteiger partial charge in [0.05, 0.1) is 6.20 Å². The maximum Gasteiger partial charge on any atom is 0.271 e. The molecule has 10 heteroatoms. The topological polar surface area (TPSA) is 90.8 Å². The Bertz CT molecular complexity index is 951. The summed E-state index contributed by atoms with van der Waals surface area (Å²) < 4.78 is 29.5. The number of nitrogens with one attached hydrogen (secondary N) is 1. The average Bonchev–Trinajstić information content (AvgIpc) is 3.24. The summed E-state index contributed by atoms with van der Waals surface area (Å²) >= 11 is 6.08. The minimum absolute atomic E-state index is 0.124. The molecule has 3 rings (SSSR count). The Morgan fingerprint density at radius 2 is 2.15 bits per heavy atom. The van der Waals surface area contributed by atoms with Crippen molar-refractivity contribution in [2.24, 2.45) is 12.8 Å². The third-order valence-corrected chi connectivity index (χ3v) is 4.28. The van der Waals surface area contributed by atoms with E-state index in [-0.39, 0.29) is 18.7 Å². The van der Waals surface area contributed by atoms with Crippen LogP contribution >= 0.6 is 11.6 Å². The van der Waals surface area contributed by atoms with Crippen LogP contribution in [-0.2, 0) is 13.5 Å². The summed E-state index contributed by atoms with van der Waals surface area (Å²) in [5.74, 6) is -1.74. The van der Waals surface area contributed by atoms with E-state index < -0.39 is 23.6 Å². The number of hydrogen-bond donors (Lipinski definition) is 2. The molecule has 142 valence electrons. The van der Waals surface area contributed by atoms with Gasteiger partial charge < -0.3 is 11.1 Å². The number of nitrogens with zero attached hydrogens (tertiary/aromatic N) is 4. The average molecular weight is 395 g/mol. The van der Waals surface area contributed by atoms with Crippen molar-refractivity contribution in [1.29, 1.82) is 0 Å². The number of carbonyl (C=O) groups excluding carboxylic acids is 1. The zero-order valence-corrected chi connectivity index (χ0v) is 15.1. The summed E-state index contributed by atoms with van der Waals surface area (Å²) in [4.78, 5) is 16.5. The van der Waals surface area contributed by atoms with E-state index in [0.29, 0.717) is 16.4 Å². The van der Waals surface area contributed by atoms with Crippen molar-refractivity contribution in [1.82, 2.24) is 24.6 Å². The van der Waals surface area contributed by atoms with Crippen molar-refractivity contribution in [2.45, 2.75) is 12.5 Å². The Morgan fingerprint density at radius 3 is 2.78 bits per heavy atom. The monoisotopic (exact) mass is 394 g/mol. The lowest BCUT2D eigenvalue weighted by molar-refractivity contribution is 0.0933. The van der Waals surface area contributed by atoms with E-state index in [0.717, 1.165) is 12.1 Å². The Balaban J connectivity index is 1.71. The fraction of sp³-hybridized carbons (Fsp3) is 0.235. The smallest absolute Gasteiger partial charge is 0.271 e. The highest BCUT2D eigenvalue weighted by atomic mass is 35.5. The van der Waals surface area contributed by atoms with Gasteiger partial charge in [0.15, 0.2) is 17.5 Å². The lowest BCUT2D eigenvalue weighted by atomic mass is 10.1. The molecular formula is C17H17ClF2N6O. The van der Waals surface area contributed by atoms with Crippen LogP contribution in [0.3, 0.4) is 0 Å². The third-order valence-electron chi connectivity index (χ3n) is 4.01. The molecule has 7 nitrogen and oxygen atoms in total.